The van der Waals surface area contributed by atoms with Crippen molar-refractivity contribution in [1.29, 1.82) is 0 Å². The number of hydrogen-bond acceptors (Lipinski definition) is 0. The van der Waals surface area contributed by atoms with E-state index in [0.717, 1.165) is 11.4 Å². The van der Waals surface area contributed by atoms with Crippen molar-refractivity contribution < 1.29 is 0 Å². The van der Waals surface area contributed by atoms with Crippen molar-refractivity contribution in [2.24, 2.45) is 0 Å². The smallest absolute Gasteiger partial charge is 0.0711 e. The SMILES string of the molecule is c1ccc(-c2ccc3c(c2)c2cc(-c4ccccc4)ccc2n3-c2cccc(C34c5ccccc5C(c5cccc(-n6c7ccc(-c8ccccc8)cc7c7cc(-c8ccccc8)ccc76)c5)(c5ccccc53)c3ccccc34)c2)cc1. The highest BCUT2D eigenvalue weighted by Crippen LogP contribution is 2.66. The van der Waals surface area contributed by atoms with Gasteiger partial charge in [0.15, 0.2) is 0 Å². The van der Waals surface area contributed by atoms with Gasteiger partial charge >= 0.3 is 0 Å². The molecule has 3 aliphatic rings. The van der Waals surface area contributed by atoms with Gasteiger partial charge in [0.05, 0.1) is 32.9 Å². The van der Waals surface area contributed by atoms with Crippen molar-refractivity contribution in [2.75, 3.05) is 0 Å². The number of nitrogens with zero attached hydrogens (tertiary/aromatic N) is 2. The number of fused-ring (bicyclic) bond motifs is 6. The van der Waals surface area contributed by atoms with Crippen LogP contribution < -0.4 is 0 Å². The molecule has 0 radical (unpaired) electrons. The molecule has 2 heteroatoms. The van der Waals surface area contributed by atoms with Gasteiger partial charge in [0.25, 0.3) is 0 Å². The Bertz CT molecular complexity index is 4400. The minimum Gasteiger partial charge on any atom is -0.309 e. The van der Waals surface area contributed by atoms with Crippen LogP contribution in [0.4, 0.5) is 0 Å². The van der Waals surface area contributed by atoms with Gasteiger partial charge in [0, 0.05) is 32.9 Å². The van der Waals surface area contributed by atoms with Gasteiger partial charge in [-0.05, 0) is 162 Å². The van der Waals surface area contributed by atoms with Crippen molar-refractivity contribution in [1.82, 2.24) is 9.13 Å². The third-order valence-electron chi connectivity index (χ3n) is 18.2. The molecule has 0 fully saturated rings. The molecular weight excluding hydrogens is 989 g/mol. The van der Waals surface area contributed by atoms with Gasteiger partial charge in [-0.1, -0.05) is 243 Å². The molecule has 0 saturated carbocycles. The predicted molar refractivity (Wildman–Crippen MR) is 341 cm³/mol. The van der Waals surface area contributed by atoms with Gasteiger partial charge in [0.1, 0.15) is 0 Å². The zero-order valence-electron chi connectivity index (χ0n) is 44.9. The van der Waals surface area contributed by atoms with Gasteiger partial charge in [-0.15, -0.1) is 0 Å². The summed E-state index contributed by atoms with van der Waals surface area (Å²) in [5.41, 5.74) is 25.8. The van der Waals surface area contributed by atoms with Gasteiger partial charge in [-0.25, -0.2) is 0 Å². The largest absolute Gasteiger partial charge is 0.309 e. The monoisotopic (exact) mass is 1040 g/mol. The molecule has 18 rings (SSSR count). The highest BCUT2D eigenvalue weighted by Gasteiger charge is 2.60. The summed E-state index contributed by atoms with van der Waals surface area (Å²) >= 11 is 0. The van der Waals surface area contributed by atoms with Crippen LogP contribution in [0.3, 0.4) is 0 Å². The van der Waals surface area contributed by atoms with Crippen LogP contribution in [0, 0.1) is 0 Å². The summed E-state index contributed by atoms with van der Waals surface area (Å²) in [7, 11) is 0. The molecule has 13 aromatic carbocycles. The third kappa shape index (κ3) is 6.58. The molecule has 15 aromatic rings. The maximum Gasteiger partial charge on any atom is 0.0711 e. The van der Waals surface area contributed by atoms with Crippen molar-refractivity contribution in [3.63, 3.8) is 0 Å². The first-order valence-corrected chi connectivity index (χ1v) is 28.6. The van der Waals surface area contributed by atoms with Crippen LogP contribution in [0.2, 0.25) is 0 Å². The lowest BCUT2D eigenvalue weighted by atomic mass is 9.44. The van der Waals surface area contributed by atoms with Gasteiger partial charge < -0.3 is 9.13 Å². The Morgan fingerprint density at radius 3 is 0.683 bits per heavy atom. The van der Waals surface area contributed by atoms with Crippen molar-refractivity contribution in [3.05, 3.63) is 360 Å². The fourth-order valence-corrected chi connectivity index (χ4v) is 14.8. The quantitative estimate of drug-likeness (QED) is 0.144. The molecule has 0 unspecified atom stereocenters. The van der Waals surface area contributed by atoms with Crippen molar-refractivity contribution in [2.45, 2.75) is 10.8 Å². The van der Waals surface area contributed by atoms with Crippen LogP contribution in [-0.2, 0) is 10.8 Å². The summed E-state index contributed by atoms with van der Waals surface area (Å²) in [6.07, 6.45) is 0. The lowest BCUT2D eigenvalue weighted by molar-refractivity contribution is 0.557. The molecule has 82 heavy (non-hydrogen) atoms. The Kier molecular flexibility index (Phi) is 10.2. The Morgan fingerprint density at radius 1 is 0.183 bits per heavy atom. The average molecular weight is 1040 g/mol. The van der Waals surface area contributed by atoms with Gasteiger partial charge in [0.2, 0.25) is 0 Å². The van der Waals surface area contributed by atoms with Crippen LogP contribution in [0.25, 0.3) is 99.5 Å². The van der Waals surface area contributed by atoms with E-state index in [4.69, 9.17) is 0 Å². The molecule has 2 heterocycles. The van der Waals surface area contributed by atoms with Crippen LogP contribution in [0.1, 0.15) is 44.5 Å². The summed E-state index contributed by atoms with van der Waals surface area (Å²) in [5, 5.41) is 4.93. The lowest BCUT2D eigenvalue weighted by Gasteiger charge is -2.57. The van der Waals surface area contributed by atoms with E-state index in [-0.39, 0.29) is 0 Å². The molecule has 382 valence electrons. The van der Waals surface area contributed by atoms with Crippen LogP contribution in [0.15, 0.2) is 315 Å². The number of benzene rings is 13. The molecule has 0 amide bonds. The van der Waals surface area contributed by atoms with E-state index >= 15 is 0 Å². The average Bonchev–Trinajstić information content (AvgIpc) is 0.848. The van der Waals surface area contributed by atoms with Crippen molar-refractivity contribution in [3.8, 4) is 55.9 Å². The molecule has 0 atom stereocenters. The lowest BCUT2D eigenvalue weighted by Crippen LogP contribution is -2.51. The first-order chi connectivity index (χ1) is 40.7. The molecule has 0 spiro atoms. The summed E-state index contributed by atoms with van der Waals surface area (Å²) in [6, 6.07) is 118. The van der Waals surface area contributed by atoms with Crippen LogP contribution in [0.5, 0.6) is 0 Å². The topological polar surface area (TPSA) is 9.86 Å². The Morgan fingerprint density at radius 2 is 0.427 bits per heavy atom. The second-order valence-corrected chi connectivity index (χ2v) is 22.3. The molecule has 2 aromatic heterocycles. The van der Waals surface area contributed by atoms with Crippen LogP contribution in [-0.4, -0.2) is 9.13 Å². The predicted octanol–water partition coefficient (Wildman–Crippen LogP) is 19.9. The van der Waals surface area contributed by atoms with E-state index in [2.05, 4.69) is 325 Å². The summed E-state index contributed by atoms with van der Waals surface area (Å²) < 4.78 is 5.00. The number of hydrogen-bond donors (Lipinski definition) is 0. The number of rotatable bonds is 8. The minimum atomic E-state index is -0.626. The van der Waals surface area contributed by atoms with Gasteiger partial charge in [-0.3, -0.25) is 0 Å². The Labute approximate surface area is 476 Å². The maximum absolute atomic E-state index is 2.50. The first kappa shape index (κ1) is 46.4. The normalized spacial score (nSPS) is 15.9. The molecule has 2 bridgehead atoms. The van der Waals surface area contributed by atoms with E-state index in [1.807, 2.05) is 0 Å². The molecule has 0 N–H and O–H groups in total. The third-order valence-corrected chi connectivity index (χ3v) is 18.2. The number of aromatic nitrogens is 2. The second-order valence-electron chi connectivity index (χ2n) is 22.3. The van der Waals surface area contributed by atoms with E-state index in [9.17, 15) is 0 Å². The fraction of sp³-hybridized carbons (Fsp3) is 0.0250. The maximum atomic E-state index is 2.50. The highest BCUT2D eigenvalue weighted by atomic mass is 15.0. The van der Waals surface area contributed by atoms with E-state index in [1.165, 1.54) is 133 Å². The molecular formula is C80H52N2. The summed E-state index contributed by atoms with van der Waals surface area (Å²) in [5.74, 6) is 0. The van der Waals surface area contributed by atoms with E-state index in [0.29, 0.717) is 0 Å². The summed E-state index contributed by atoms with van der Waals surface area (Å²) in [6.45, 7) is 0. The van der Waals surface area contributed by atoms with E-state index in [1.54, 1.807) is 0 Å². The Hall–Kier alpha value is -10.5. The molecule has 3 aliphatic carbocycles. The second kappa shape index (κ2) is 18.0. The molecule has 0 aliphatic heterocycles. The zero-order valence-corrected chi connectivity index (χ0v) is 44.9. The van der Waals surface area contributed by atoms with Gasteiger partial charge in [-0.2, -0.15) is 0 Å². The highest BCUT2D eigenvalue weighted by molar-refractivity contribution is 6.13. The Balaban J connectivity index is 0.873. The van der Waals surface area contributed by atoms with E-state index < -0.39 is 10.8 Å². The molecule has 0 saturated heterocycles. The summed E-state index contributed by atoms with van der Waals surface area (Å²) in [4.78, 5) is 0. The first-order valence-electron chi connectivity index (χ1n) is 28.6. The molecule has 2 nitrogen and oxygen atoms in total. The zero-order chi connectivity index (χ0) is 53.9. The van der Waals surface area contributed by atoms with Crippen molar-refractivity contribution >= 4 is 43.6 Å². The fourth-order valence-electron chi connectivity index (χ4n) is 14.8. The van der Waals surface area contributed by atoms with Crippen LogP contribution >= 0.6 is 0 Å². The minimum absolute atomic E-state index is 0.626. The standard InChI is InChI=1S/C80H52N2/c1-5-21-53(22-6-1)57-39-43-75-65(47-57)66-48-58(54-23-7-2-8-24-54)40-44-76(66)81(75)63-31-19-29-61(51-63)79-69-33-13-16-36-72(69)80(73-37-17-14-34-70(73)79,74-38-18-15-35-71(74)79)62-30-20-32-64(52-62)82-77-45-41-59(55-25-9-3-10-26-55)49-67(77)68-50-60(42-46-78(68)82)56-27-11-4-12-28-56/h1-52H.